The molecule has 0 aliphatic carbocycles. The average molecular weight is 883 g/mol. The maximum atomic E-state index is 16.7. The van der Waals surface area contributed by atoms with Gasteiger partial charge in [0.25, 0.3) is 0 Å². The molecule has 6 aromatic carbocycles. The van der Waals surface area contributed by atoms with E-state index in [0.717, 1.165) is 0 Å². The zero-order valence-electron chi connectivity index (χ0n) is 32.5. The molecular formula is C44H28BF15P-. The first-order valence-corrected chi connectivity index (χ1v) is 19.3. The molecule has 0 aliphatic heterocycles. The van der Waals surface area contributed by atoms with Gasteiger partial charge in [-0.25, -0.2) is 71.8 Å². The maximum absolute atomic E-state index is 16.7. The van der Waals surface area contributed by atoms with Crippen LogP contribution in [0.4, 0.5) is 65.9 Å². The van der Waals surface area contributed by atoms with E-state index in [2.05, 4.69) is 0 Å². The Balaban J connectivity index is 2.11. The Hall–Kier alpha value is -5.50. The molecule has 0 saturated carbocycles. The Morgan fingerprint density at radius 2 is 0.623 bits per heavy atom. The normalized spacial score (nSPS) is 12.3. The van der Waals surface area contributed by atoms with Crippen molar-refractivity contribution >= 4 is 46.4 Å². The van der Waals surface area contributed by atoms with Crippen LogP contribution in [0.25, 0.3) is 5.31 Å². The molecule has 6 aromatic rings. The molecule has 17 heteroatoms. The molecule has 0 nitrogen and oxygen atoms in total. The maximum Gasteiger partial charge on any atom is 0.200 e. The Kier molecular flexibility index (Phi) is 12.1. The van der Waals surface area contributed by atoms with Crippen LogP contribution in [-0.2, 0) is 0 Å². The number of benzene rings is 6. The van der Waals surface area contributed by atoms with Crippen molar-refractivity contribution < 1.29 is 65.9 Å². The van der Waals surface area contributed by atoms with Crippen molar-refractivity contribution in [2.45, 2.75) is 41.5 Å². The molecule has 6 rings (SSSR count). The summed E-state index contributed by atoms with van der Waals surface area (Å²) in [4.78, 5) is 0. The highest BCUT2D eigenvalue weighted by molar-refractivity contribution is 7.82. The van der Waals surface area contributed by atoms with Crippen LogP contribution in [0, 0.1) is 129 Å². The van der Waals surface area contributed by atoms with E-state index in [9.17, 15) is 13.2 Å². The molecule has 0 N–H and O–H groups in total. The summed E-state index contributed by atoms with van der Waals surface area (Å²) < 4.78 is 237. The Labute approximate surface area is 340 Å². The zero-order valence-corrected chi connectivity index (χ0v) is 33.4. The highest BCUT2D eigenvalue weighted by Gasteiger charge is 2.48. The third-order valence-electron chi connectivity index (χ3n) is 10.5. The van der Waals surface area contributed by atoms with Gasteiger partial charge in [-0.05, 0) is 93.2 Å². The second-order valence-electron chi connectivity index (χ2n) is 14.6. The predicted octanol–water partition coefficient (Wildman–Crippen LogP) is 10.8. The van der Waals surface area contributed by atoms with E-state index in [-0.39, 0.29) is 11.5 Å². The Bertz CT molecular complexity index is 2480. The van der Waals surface area contributed by atoms with E-state index >= 15 is 52.7 Å². The lowest BCUT2D eigenvalue weighted by Gasteiger charge is -2.43. The van der Waals surface area contributed by atoms with Crippen molar-refractivity contribution in [3.05, 3.63) is 187 Å². The van der Waals surface area contributed by atoms with Gasteiger partial charge in [0.15, 0.2) is 52.4 Å². The highest BCUT2D eigenvalue weighted by atomic mass is 31.1. The van der Waals surface area contributed by atoms with Gasteiger partial charge in [-0.1, -0.05) is 65.7 Å². The molecule has 0 bridgehead atoms. The molecule has 318 valence electrons. The van der Waals surface area contributed by atoms with Crippen molar-refractivity contribution in [3.8, 4) is 0 Å². The van der Waals surface area contributed by atoms with Crippen LogP contribution in [0.3, 0.4) is 0 Å². The van der Waals surface area contributed by atoms with E-state index in [1.807, 2.05) is 0 Å². The molecule has 0 aromatic heterocycles. The van der Waals surface area contributed by atoms with Crippen LogP contribution in [0.15, 0.2) is 60.6 Å². The van der Waals surface area contributed by atoms with Gasteiger partial charge in [-0.2, -0.15) is 0 Å². The summed E-state index contributed by atoms with van der Waals surface area (Å²) in [6.07, 6.45) is -6.03. The zero-order chi connectivity index (χ0) is 45.3. The number of halogens is 15. The molecule has 0 saturated heterocycles. The van der Waals surface area contributed by atoms with Gasteiger partial charge < -0.3 is 0 Å². The Morgan fingerprint density at radius 3 is 0.885 bits per heavy atom. The van der Waals surface area contributed by atoms with Gasteiger partial charge in [0, 0.05) is 0 Å². The summed E-state index contributed by atoms with van der Waals surface area (Å²) in [5.41, 5.74) is -5.27. The van der Waals surface area contributed by atoms with Gasteiger partial charge in [-0.15, -0.1) is 16.4 Å². The fraction of sp³-hybridized carbons (Fsp3) is 0.136. The molecule has 0 aliphatic rings. The second-order valence-corrected chi connectivity index (χ2v) is 16.7. The molecule has 0 atom stereocenters. The fourth-order valence-corrected chi connectivity index (χ4v) is 11.5. The van der Waals surface area contributed by atoms with E-state index in [1.54, 1.807) is 65.8 Å². The highest BCUT2D eigenvalue weighted by Crippen LogP contribution is 2.53. The van der Waals surface area contributed by atoms with Crippen LogP contribution in [-0.4, -0.2) is 6.15 Å². The SMILES string of the molecule is Cc1cc(C)c(P(/C(=C/[B-](c2c(F)c(F)c(F)c(F)c2F)(c2c(F)c(F)c(F)c(F)c2F)c2c(F)c(F)c(F)c(F)c2F)c2ccccc2)c2c(C)cc(C)cc2C)c(C)c1. The third-order valence-corrected chi connectivity index (χ3v) is 13.7. The molecule has 0 fully saturated rings. The van der Waals surface area contributed by atoms with Gasteiger partial charge in [0.2, 0.25) is 0 Å². The number of aryl methyl sites for hydroxylation is 6. The minimum Gasteiger partial charge on any atom is -0.222 e. The molecule has 0 unspecified atom stereocenters. The van der Waals surface area contributed by atoms with E-state index < -0.39 is 123 Å². The molecule has 0 amide bonds. The molecule has 0 radical (unpaired) electrons. The summed E-state index contributed by atoms with van der Waals surface area (Å²) in [5.74, 6) is -45.6. The minimum absolute atomic E-state index is 0.118. The summed E-state index contributed by atoms with van der Waals surface area (Å²) >= 11 is 0. The van der Waals surface area contributed by atoms with Crippen LogP contribution in [0.2, 0.25) is 0 Å². The number of hydrogen-bond donors (Lipinski definition) is 0. The lowest BCUT2D eigenvalue weighted by atomic mass is 9.15. The summed E-state index contributed by atoms with van der Waals surface area (Å²) in [6, 6.07) is 13.1. The molecule has 0 spiro atoms. The van der Waals surface area contributed by atoms with Gasteiger partial charge in [-0.3, -0.25) is 0 Å². The van der Waals surface area contributed by atoms with Crippen molar-refractivity contribution in [1.82, 2.24) is 0 Å². The molecule has 0 heterocycles. The topological polar surface area (TPSA) is 0 Å². The van der Waals surface area contributed by atoms with Gasteiger partial charge >= 0.3 is 0 Å². The average Bonchev–Trinajstić information content (AvgIpc) is 3.20. The Morgan fingerprint density at radius 1 is 0.377 bits per heavy atom. The summed E-state index contributed by atoms with van der Waals surface area (Å²) in [5, 5.41) is 0.0166. The molecular weight excluding hydrogens is 855 g/mol. The second kappa shape index (κ2) is 16.4. The van der Waals surface area contributed by atoms with Crippen molar-refractivity contribution in [1.29, 1.82) is 0 Å². The lowest BCUT2D eigenvalue weighted by Crippen LogP contribution is -2.72. The molecule has 61 heavy (non-hydrogen) atoms. The first-order valence-electron chi connectivity index (χ1n) is 18.0. The van der Waals surface area contributed by atoms with Crippen molar-refractivity contribution in [2.75, 3.05) is 0 Å². The quantitative estimate of drug-likeness (QED) is 0.0470. The van der Waals surface area contributed by atoms with Gasteiger partial charge in [0.05, 0.1) is 0 Å². The number of hydrogen-bond acceptors (Lipinski definition) is 0. The van der Waals surface area contributed by atoms with E-state index in [1.165, 1.54) is 30.3 Å². The predicted molar refractivity (Wildman–Crippen MR) is 205 cm³/mol. The first-order chi connectivity index (χ1) is 28.5. The lowest BCUT2D eigenvalue weighted by molar-refractivity contribution is 0.380. The van der Waals surface area contributed by atoms with Crippen LogP contribution >= 0.6 is 7.92 Å². The summed E-state index contributed by atoms with van der Waals surface area (Å²) in [7, 11) is -2.60. The van der Waals surface area contributed by atoms with Crippen LogP contribution in [0.1, 0.15) is 38.9 Å². The largest absolute Gasteiger partial charge is 0.222 e. The van der Waals surface area contributed by atoms with Crippen molar-refractivity contribution in [2.24, 2.45) is 0 Å². The minimum atomic E-state index is -6.03. The fourth-order valence-electron chi connectivity index (χ4n) is 8.30. The van der Waals surface area contributed by atoms with E-state index in [0.29, 0.717) is 44.0 Å². The van der Waals surface area contributed by atoms with Crippen LogP contribution < -0.4 is 27.0 Å². The monoisotopic (exact) mass is 883 g/mol. The van der Waals surface area contributed by atoms with E-state index in [4.69, 9.17) is 0 Å². The first kappa shape index (κ1) is 45.0. The van der Waals surface area contributed by atoms with Crippen LogP contribution in [0.5, 0.6) is 0 Å². The standard InChI is InChI=1S/C44H28BF15P/c1-17-12-19(3)43(20(4)13-17)61(44-21(5)14-18(2)15-22(44)6)24(23-10-8-7-9-11-23)16-45(25-28(46)34(52)40(58)35(53)29(25)47,26-30(48)36(54)41(59)37(55)31(26)49)27-32(50)38(56)42(60)39(57)33(27)51/h7-16H,1-6H3/q-1/b24-16+. The summed E-state index contributed by atoms with van der Waals surface area (Å²) in [6.45, 7) is 9.75. The third kappa shape index (κ3) is 7.10. The smallest absolute Gasteiger partial charge is 0.200 e. The number of rotatable bonds is 8. The van der Waals surface area contributed by atoms with Crippen molar-refractivity contribution in [3.63, 3.8) is 0 Å². The van der Waals surface area contributed by atoms with Gasteiger partial charge in [0.1, 0.15) is 41.0 Å².